The topological polar surface area (TPSA) is 188 Å². The zero-order valence-corrected chi connectivity index (χ0v) is 32.3. The van der Waals surface area contributed by atoms with Crippen molar-refractivity contribution in [2.24, 2.45) is 17.6 Å². The maximum absolute atomic E-state index is 13.3. The minimum atomic E-state index is -0.826. The van der Waals surface area contributed by atoms with Gasteiger partial charge in [0, 0.05) is 36.0 Å². The highest BCUT2D eigenvalue weighted by atomic mass is 16.6. The van der Waals surface area contributed by atoms with Gasteiger partial charge in [0.25, 0.3) is 5.91 Å². The second-order valence-corrected chi connectivity index (χ2v) is 14.9. The number of hydrogen-bond donors (Lipinski definition) is 7. The lowest BCUT2D eigenvalue weighted by atomic mass is 9.84. The Kier molecular flexibility index (Phi) is 14.9. The van der Waals surface area contributed by atoms with Crippen molar-refractivity contribution >= 4 is 22.9 Å². The van der Waals surface area contributed by atoms with Crippen LogP contribution in [0, 0.1) is 11.8 Å². The third-order valence-corrected chi connectivity index (χ3v) is 10.9. The summed E-state index contributed by atoms with van der Waals surface area (Å²) in [7, 11) is 0. The molecule has 1 saturated carbocycles. The zero-order chi connectivity index (χ0) is 40.0. The molecule has 302 valence electrons. The van der Waals surface area contributed by atoms with Gasteiger partial charge in [0.1, 0.15) is 24.2 Å². The Bertz CT molecular complexity index is 2050. The number of rotatable bonds is 18. The molecule has 0 bridgehead atoms. The number of carbonyl (C=O) groups excluding carboxylic acids is 2. The summed E-state index contributed by atoms with van der Waals surface area (Å²) in [5, 5.41) is 30.8. The number of amides is 2. The van der Waals surface area contributed by atoms with Crippen molar-refractivity contribution in [3.63, 3.8) is 0 Å². The number of nitrogens with two attached hydrogens (primary N) is 1. The van der Waals surface area contributed by atoms with Crippen molar-refractivity contribution < 1.29 is 29.3 Å². The number of allylic oxidation sites excluding steroid dienone is 2. The first kappa shape index (κ1) is 41.2. The molecule has 12 nitrogen and oxygen atoms in total. The molecule has 1 heterocycles. The Hall–Kier alpha value is -5.43. The van der Waals surface area contributed by atoms with Gasteiger partial charge in [0.15, 0.2) is 0 Å². The van der Waals surface area contributed by atoms with Gasteiger partial charge in [-0.25, -0.2) is 4.79 Å². The number of nitrogens with one attached hydrogen (secondary N) is 4. The second kappa shape index (κ2) is 20.7. The molecular formula is C45H55N5O7. The number of aliphatic hydroxyl groups is 1. The van der Waals surface area contributed by atoms with Crippen LogP contribution in [-0.4, -0.2) is 59.5 Å². The van der Waals surface area contributed by atoms with Crippen LogP contribution in [-0.2, 0) is 16.1 Å². The number of H-pyrrole nitrogens is 1. The Balaban J connectivity index is 0.929. The summed E-state index contributed by atoms with van der Waals surface area (Å²) in [4.78, 5) is 40.4. The normalized spacial score (nSPS) is 19.0. The average molecular weight is 778 g/mol. The lowest BCUT2D eigenvalue weighted by molar-refractivity contribution is 0.0324. The van der Waals surface area contributed by atoms with E-state index in [0.717, 1.165) is 68.3 Å². The van der Waals surface area contributed by atoms with Gasteiger partial charge >= 0.3 is 6.09 Å². The zero-order valence-electron chi connectivity index (χ0n) is 32.3. The first-order valence-electron chi connectivity index (χ1n) is 20.1. The number of unbranched alkanes of at least 4 members (excludes halogenated alkanes) is 1. The van der Waals surface area contributed by atoms with Gasteiger partial charge in [-0.1, -0.05) is 61.0 Å². The number of phenols is 1. The van der Waals surface area contributed by atoms with Crippen molar-refractivity contribution in [2.45, 2.75) is 76.2 Å². The minimum Gasteiger partial charge on any atom is -0.506 e. The van der Waals surface area contributed by atoms with E-state index in [-0.39, 0.29) is 35.3 Å². The fourth-order valence-electron chi connectivity index (χ4n) is 7.77. The molecule has 2 aliphatic carbocycles. The van der Waals surface area contributed by atoms with E-state index in [4.69, 9.17) is 15.2 Å². The number of aromatic amines is 1. The molecule has 12 heteroatoms. The monoisotopic (exact) mass is 777 g/mol. The number of phenolic OH excluding ortho intramolecular Hbond substituents is 1. The molecule has 3 aromatic carbocycles. The van der Waals surface area contributed by atoms with Gasteiger partial charge in [0.05, 0.1) is 17.7 Å². The van der Waals surface area contributed by atoms with Crippen LogP contribution in [0.25, 0.3) is 10.9 Å². The molecule has 1 fully saturated rings. The number of aromatic hydroxyl groups is 1. The minimum absolute atomic E-state index is 0.0419. The number of fused-ring (bicyclic) bond motifs is 1. The summed E-state index contributed by atoms with van der Waals surface area (Å²) in [5.41, 5.74) is 8.92. The van der Waals surface area contributed by atoms with Crippen molar-refractivity contribution in [1.82, 2.24) is 20.9 Å². The van der Waals surface area contributed by atoms with E-state index in [0.29, 0.717) is 60.7 Å². The lowest BCUT2D eigenvalue weighted by Crippen LogP contribution is -2.39. The molecule has 0 spiro atoms. The number of hydrogen-bond acceptors (Lipinski definition) is 9. The fourth-order valence-corrected chi connectivity index (χ4v) is 7.77. The van der Waals surface area contributed by atoms with E-state index in [9.17, 15) is 24.6 Å². The van der Waals surface area contributed by atoms with Crippen LogP contribution in [0.1, 0.15) is 90.6 Å². The predicted octanol–water partition coefficient (Wildman–Crippen LogP) is 6.42. The highest BCUT2D eigenvalue weighted by Crippen LogP contribution is 2.33. The Morgan fingerprint density at radius 1 is 0.947 bits per heavy atom. The van der Waals surface area contributed by atoms with E-state index >= 15 is 0 Å². The standard InChI is InChI=1S/C45H55N5O7/c46-24-23-31-9-4-5-14-40(31)57-45(55)50-42(32-10-2-1-3-11-32)34-12-8-13-35(27-34)56-29-30-15-17-33(18-16-30)44(54)48-26-7-6-25-47-28-39(52)36-19-21-38(51)43-37(36)20-22-41(53)49-43/h1-3,8,10-11,13,15-22,27,31,34,39-40,42,47,51-52H,4-7,9,12,14,23-26,28-29,46H2,(H,48,54)(H,49,53)(H,50,55)/t31?,34?,39-,40?,42?/m0/s1. The van der Waals surface area contributed by atoms with Crippen LogP contribution in [0.4, 0.5) is 4.79 Å². The Morgan fingerprint density at radius 2 is 1.74 bits per heavy atom. The third kappa shape index (κ3) is 11.6. The molecular weight excluding hydrogens is 723 g/mol. The molecule has 57 heavy (non-hydrogen) atoms. The third-order valence-electron chi connectivity index (χ3n) is 10.9. The van der Waals surface area contributed by atoms with Gasteiger partial charge in [-0.2, -0.15) is 0 Å². The molecule has 1 aromatic heterocycles. The summed E-state index contributed by atoms with van der Waals surface area (Å²) in [6.45, 7) is 2.37. The van der Waals surface area contributed by atoms with Gasteiger partial charge < -0.3 is 46.4 Å². The van der Waals surface area contributed by atoms with Crippen molar-refractivity contribution in [3.05, 3.63) is 135 Å². The summed E-state index contributed by atoms with van der Waals surface area (Å²) in [6, 6.07) is 23.1. The first-order chi connectivity index (χ1) is 27.8. The van der Waals surface area contributed by atoms with E-state index < -0.39 is 12.2 Å². The van der Waals surface area contributed by atoms with Crippen LogP contribution < -0.4 is 27.2 Å². The summed E-state index contributed by atoms with van der Waals surface area (Å²) in [5.74, 6) is 0.777. The largest absolute Gasteiger partial charge is 0.506 e. The Labute approximate surface area is 333 Å². The molecule has 0 radical (unpaired) electrons. The van der Waals surface area contributed by atoms with Crippen LogP contribution in [0.15, 0.2) is 108 Å². The van der Waals surface area contributed by atoms with Crippen molar-refractivity contribution in [2.75, 3.05) is 26.2 Å². The number of alkyl carbamates (subject to hydrolysis) is 1. The first-order valence-corrected chi connectivity index (χ1v) is 20.1. The van der Waals surface area contributed by atoms with Gasteiger partial charge in [-0.3, -0.25) is 9.59 Å². The number of pyridine rings is 1. The number of aliphatic hydroxyl groups excluding tert-OH is 1. The van der Waals surface area contributed by atoms with E-state index in [2.05, 4.69) is 33.1 Å². The SMILES string of the molecule is NCCC1CCCCC1OC(=O)NC(c1ccccc1)C1C=C(OCc2ccc(C(=O)NCCCCNC[C@H](O)c3ccc(O)c4[nH]c(=O)ccc34)cc2)C=CC1. The van der Waals surface area contributed by atoms with Crippen LogP contribution in [0.3, 0.4) is 0 Å². The summed E-state index contributed by atoms with van der Waals surface area (Å²) < 4.78 is 12.2. The van der Waals surface area contributed by atoms with Gasteiger partial charge in [-0.05, 0) is 117 Å². The predicted molar refractivity (Wildman–Crippen MR) is 220 cm³/mol. The maximum Gasteiger partial charge on any atom is 0.407 e. The van der Waals surface area contributed by atoms with Gasteiger partial charge in [0.2, 0.25) is 5.56 Å². The van der Waals surface area contributed by atoms with Crippen LogP contribution in [0.5, 0.6) is 5.75 Å². The van der Waals surface area contributed by atoms with Crippen LogP contribution in [0.2, 0.25) is 0 Å². The molecule has 0 saturated heterocycles. The smallest absolute Gasteiger partial charge is 0.407 e. The maximum atomic E-state index is 13.3. The van der Waals surface area contributed by atoms with Crippen LogP contribution >= 0.6 is 0 Å². The molecule has 4 unspecified atom stereocenters. The number of aromatic nitrogens is 1. The summed E-state index contributed by atoms with van der Waals surface area (Å²) >= 11 is 0. The van der Waals surface area contributed by atoms with E-state index in [1.54, 1.807) is 24.3 Å². The average Bonchev–Trinajstić information content (AvgIpc) is 3.23. The van der Waals surface area contributed by atoms with E-state index in [1.165, 1.54) is 12.1 Å². The molecule has 6 rings (SSSR count). The molecule has 2 aliphatic rings. The molecule has 8 N–H and O–H groups in total. The molecule has 2 amide bonds. The van der Waals surface area contributed by atoms with Crippen molar-refractivity contribution in [1.29, 1.82) is 0 Å². The molecule has 4 aromatic rings. The highest BCUT2D eigenvalue weighted by Gasteiger charge is 2.30. The molecule has 0 aliphatic heterocycles. The van der Waals surface area contributed by atoms with E-state index in [1.807, 2.05) is 48.5 Å². The number of benzene rings is 3. The van der Waals surface area contributed by atoms with Gasteiger partial charge in [-0.15, -0.1) is 0 Å². The fraction of sp³-hybridized carbons (Fsp3) is 0.400. The quantitative estimate of drug-likeness (QED) is 0.0560. The lowest BCUT2D eigenvalue weighted by Gasteiger charge is -2.33. The number of carbonyl (C=O) groups is 2. The number of ether oxygens (including phenoxy) is 2. The Morgan fingerprint density at radius 3 is 2.54 bits per heavy atom. The van der Waals surface area contributed by atoms with Crippen molar-refractivity contribution in [3.8, 4) is 5.75 Å². The second-order valence-electron chi connectivity index (χ2n) is 14.9. The highest BCUT2D eigenvalue weighted by molar-refractivity contribution is 5.94. The summed E-state index contributed by atoms with van der Waals surface area (Å²) in [6.07, 6.45) is 12.0. The molecule has 5 atom stereocenters.